The summed E-state index contributed by atoms with van der Waals surface area (Å²) in [6.45, 7) is 25.4. The molecule has 2 fully saturated rings. The standard InChI is InChI=1S/C34H58O5SSi/c1-11-12-16-28-20-25(3)26(4)32(38-28)21-33-30(23-40(35,36)29-17-14-13-15-18-29)27(5)31(39-33)19-24(2)22-37-41(9,10)34(6,7)8/h13-15,17-18,24-25,27-28,30-33H,4,11-12,16,19-23H2,1-3,5-10H3/t24-,25+,27+,28-,30+,31+,32+,33?/m0/s1. The molecule has 0 radical (unpaired) electrons. The summed E-state index contributed by atoms with van der Waals surface area (Å²) < 4.78 is 47.1. The Labute approximate surface area is 252 Å². The van der Waals surface area contributed by atoms with Gasteiger partial charge in [0.15, 0.2) is 18.2 Å². The largest absolute Gasteiger partial charge is 0.417 e. The molecule has 0 aromatic heterocycles. The van der Waals surface area contributed by atoms with Crippen LogP contribution in [-0.4, -0.2) is 53.5 Å². The monoisotopic (exact) mass is 606 g/mol. The normalized spacial score (nSPS) is 30.5. The van der Waals surface area contributed by atoms with Crippen molar-refractivity contribution in [1.82, 2.24) is 0 Å². The highest BCUT2D eigenvalue weighted by Crippen LogP contribution is 2.43. The summed E-state index contributed by atoms with van der Waals surface area (Å²) in [7, 11) is -5.30. The van der Waals surface area contributed by atoms with Crippen molar-refractivity contribution in [2.45, 2.75) is 134 Å². The summed E-state index contributed by atoms with van der Waals surface area (Å²) in [6, 6.07) is 8.85. The highest BCUT2D eigenvalue weighted by Gasteiger charge is 2.46. The zero-order chi connectivity index (χ0) is 30.6. The third kappa shape index (κ3) is 9.01. The maximum absolute atomic E-state index is 13.6. The average molecular weight is 607 g/mol. The van der Waals surface area contributed by atoms with Crippen molar-refractivity contribution in [2.75, 3.05) is 12.4 Å². The lowest BCUT2D eigenvalue weighted by Gasteiger charge is -2.38. The number of benzene rings is 1. The Hall–Kier alpha value is -0.993. The van der Waals surface area contributed by atoms with Gasteiger partial charge >= 0.3 is 0 Å². The fourth-order valence-electron chi connectivity index (χ4n) is 6.11. The molecule has 1 aromatic rings. The molecule has 0 spiro atoms. The molecule has 1 unspecified atom stereocenters. The van der Waals surface area contributed by atoms with E-state index < -0.39 is 18.2 Å². The molecule has 234 valence electrons. The number of unbranched alkanes of at least 4 members (excludes halogenated alkanes) is 1. The van der Waals surface area contributed by atoms with Gasteiger partial charge in [0.2, 0.25) is 0 Å². The Bertz CT molecular complexity index is 1080. The average Bonchev–Trinajstić information content (AvgIpc) is 3.17. The van der Waals surface area contributed by atoms with Crippen LogP contribution in [0.15, 0.2) is 47.4 Å². The van der Waals surface area contributed by atoms with E-state index in [0.717, 1.165) is 37.7 Å². The Morgan fingerprint density at radius 1 is 1.10 bits per heavy atom. The zero-order valence-electron chi connectivity index (χ0n) is 27.3. The van der Waals surface area contributed by atoms with E-state index in [2.05, 4.69) is 68.1 Å². The van der Waals surface area contributed by atoms with Crippen LogP contribution in [0.25, 0.3) is 0 Å². The first kappa shape index (κ1) is 34.5. The van der Waals surface area contributed by atoms with Gasteiger partial charge in [-0.3, -0.25) is 0 Å². The number of rotatable bonds is 13. The van der Waals surface area contributed by atoms with Crippen LogP contribution in [0.3, 0.4) is 0 Å². The van der Waals surface area contributed by atoms with Crippen molar-refractivity contribution >= 4 is 18.2 Å². The fourth-order valence-corrected chi connectivity index (χ4v) is 9.03. The molecule has 5 nitrogen and oxygen atoms in total. The molecule has 0 N–H and O–H groups in total. The maximum atomic E-state index is 13.6. The van der Waals surface area contributed by atoms with Gasteiger partial charge in [0.1, 0.15) is 0 Å². The molecule has 0 saturated carbocycles. The summed E-state index contributed by atoms with van der Waals surface area (Å²) in [5.74, 6) is 0.799. The zero-order valence-corrected chi connectivity index (χ0v) is 29.1. The van der Waals surface area contributed by atoms with E-state index in [1.54, 1.807) is 24.3 Å². The van der Waals surface area contributed by atoms with Crippen molar-refractivity contribution < 1.29 is 22.3 Å². The molecule has 7 heteroatoms. The molecular formula is C34H58O5SSi. The van der Waals surface area contributed by atoms with Gasteiger partial charge < -0.3 is 13.9 Å². The molecule has 2 saturated heterocycles. The highest BCUT2D eigenvalue weighted by atomic mass is 32.2. The summed E-state index contributed by atoms with van der Waals surface area (Å²) in [5.41, 5.74) is 1.12. The molecule has 2 aliphatic rings. The van der Waals surface area contributed by atoms with E-state index in [0.29, 0.717) is 29.8 Å². The second-order valence-electron chi connectivity index (χ2n) is 14.6. The smallest absolute Gasteiger partial charge is 0.191 e. The van der Waals surface area contributed by atoms with E-state index in [4.69, 9.17) is 13.9 Å². The van der Waals surface area contributed by atoms with Crippen molar-refractivity contribution in [1.29, 1.82) is 0 Å². The molecule has 3 rings (SSSR count). The van der Waals surface area contributed by atoms with Crippen molar-refractivity contribution in [3.63, 3.8) is 0 Å². The van der Waals surface area contributed by atoms with Crippen molar-refractivity contribution in [2.24, 2.45) is 23.7 Å². The first-order valence-corrected chi connectivity index (χ1v) is 20.5. The lowest BCUT2D eigenvalue weighted by Crippen LogP contribution is -2.42. The molecule has 2 aliphatic heterocycles. The van der Waals surface area contributed by atoms with E-state index in [9.17, 15) is 8.42 Å². The number of ether oxygens (including phenoxy) is 2. The van der Waals surface area contributed by atoms with Crippen molar-refractivity contribution in [3.05, 3.63) is 42.5 Å². The number of hydrogen-bond donors (Lipinski definition) is 0. The topological polar surface area (TPSA) is 61.8 Å². The van der Waals surface area contributed by atoms with E-state index in [1.807, 2.05) is 6.07 Å². The molecule has 2 heterocycles. The van der Waals surface area contributed by atoms with E-state index in [-0.39, 0.29) is 47.0 Å². The molecule has 8 atom stereocenters. The number of sulfone groups is 1. The molecule has 0 aliphatic carbocycles. The van der Waals surface area contributed by atoms with Gasteiger partial charge in [-0.05, 0) is 72.9 Å². The fraction of sp³-hybridized carbons (Fsp3) is 0.765. The van der Waals surface area contributed by atoms with Crippen LogP contribution in [0.5, 0.6) is 0 Å². The Morgan fingerprint density at radius 3 is 2.37 bits per heavy atom. The molecule has 41 heavy (non-hydrogen) atoms. The second-order valence-corrected chi connectivity index (χ2v) is 21.4. The Morgan fingerprint density at radius 2 is 1.76 bits per heavy atom. The highest BCUT2D eigenvalue weighted by molar-refractivity contribution is 7.91. The van der Waals surface area contributed by atoms with Crippen LogP contribution in [-0.2, 0) is 23.7 Å². The maximum Gasteiger partial charge on any atom is 0.191 e. The van der Waals surface area contributed by atoms with Gasteiger partial charge in [0.25, 0.3) is 0 Å². The van der Waals surface area contributed by atoms with Crippen LogP contribution >= 0.6 is 0 Å². The quantitative estimate of drug-likeness (QED) is 0.167. The third-order valence-electron chi connectivity index (χ3n) is 10.1. The molecular weight excluding hydrogens is 549 g/mol. The SMILES string of the molecule is C=C1[C@H](C)C[C@H](CCCC)O[C@@H]1CC1O[C@H](C[C@H](C)CO[Si](C)(C)C(C)(C)C)[C@H](C)[C@H]1CS(=O)(=O)c1ccccc1. The first-order chi connectivity index (χ1) is 19.1. The molecule has 0 bridgehead atoms. The van der Waals surface area contributed by atoms with Gasteiger partial charge in [0, 0.05) is 18.9 Å². The summed E-state index contributed by atoms with van der Waals surface area (Å²) in [4.78, 5) is 0.386. The van der Waals surface area contributed by atoms with Gasteiger partial charge in [-0.15, -0.1) is 0 Å². The predicted octanol–water partition coefficient (Wildman–Crippen LogP) is 8.46. The number of hydrogen-bond acceptors (Lipinski definition) is 5. The summed E-state index contributed by atoms with van der Waals surface area (Å²) in [6.07, 6.45) is 5.83. The summed E-state index contributed by atoms with van der Waals surface area (Å²) >= 11 is 0. The van der Waals surface area contributed by atoms with E-state index in [1.165, 1.54) is 0 Å². The Balaban J connectivity index is 1.78. The summed E-state index contributed by atoms with van der Waals surface area (Å²) in [5, 5.41) is 0.167. The predicted molar refractivity (Wildman–Crippen MR) is 172 cm³/mol. The molecule has 1 aromatic carbocycles. The van der Waals surface area contributed by atoms with Crippen molar-refractivity contribution in [3.8, 4) is 0 Å². The molecule has 0 amide bonds. The third-order valence-corrected chi connectivity index (χ3v) is 16.4. The van der Waals surface area contributed by atoms with Crippen LogP contribution < -0.4 is 0 Å². The lowest BCUT2D eigenvalue weighted by molar-refractivity contribution is -0.0704. The van der Waals surface area contributed by atoms with Crippen LogP contribution in [0.2, 0.25) is 18.1 Å². The van der Waals surface area contributed by atoms with Gasteiger partial charge in [-0.25, -0.2) is 8.42 Å². The van der Waals surface area contributed by atoms with E-state index >= 15 is 0 Å². The second kappa shape index (κ2) is 14.2. The minimum absolute atomic E-state index is 0.0147. The van der Waals surface area contributed by atoms with Crippen LogP contribution in [0.4, 0.5) is 0 Å². The lowest BCUT2D eigenvalue weighted by atomic mass is 9.81. The van der Waals surface area contributed by atoms with Gasteiger partial charge in [-0.2, -0.15) is 0 Å². The minimum atomic E-state index is -3.46. The Kier molecular flexibility index (Phi) is 11.9. The van der Waals surface area contributed by atoms with Gasteiger partial charge in [-0.1, -0.05) is 86.1 Å². The first-order valence-electron chi connectivity index (χ1n) is 16.0. The minimum Gasteiger partial charge on any atom is -0.417 e. The van der Waals surface area contributed by atoms with Gasteiger partial charge in [0.05, 0.1) is 35.1 Å². The van der Waals surface area contributed by atoms with Crippen LogP contribution in [0.1, 0.15) is 87.0 Å². The van der Waals surface area contributed by atoms with Crippen LogP contribution in [0, 0.1) is 23.7 Å².